The summed E-state index contributed by atoms with van der Waals surface area (Å²) in [6, 6.07) is 11.0. The van der Waals surface area contributed by atoms with Crippen LogP contribution in [0.25, 0.3) is 0 Å². The van der Waals surface area contributed by atoms with Crippen LogP contribution in [0, 0.1) is 0 Å². The summed E-state index contributed by atoms with van der Waals surface area (Å²) in [6.45, 7) is 15.9. The number of ether oxygens (including phenoxy) is 1. The van der Waals surface area contributed by atoms with Gasteiger partial charge in [-0.3, -0.25) is 4.90 Å². The summed E-state index contributed by atoms with van der Waals surface area (Å²) >= 11 is 0. The van der Waals surface area contributed by atoms with E-state index in [9.17, 15) is 0 Å². The van der Waals surface area contributed by atoms with E-state index in [2.05, 4.69) is 69.1 Å². The predicted octanol–water partition coefficient (Wildman–Crippen LogP) is 3.91. The maximum absolute atomic E-state index is 6.42. The second-order valence-electron chi connectivity index (χ2n) is 7.76. The molecule has 22 heavy (non-hydrogen) atoms. The van der Waals surface area contributed by atoms with E-state index in [-0.39, 0.29) is 5.04 Å². The molecular formula is C18H31NO2Si. The Morgan fingerprint density at radius 3 is 2.55 bits per heavy atom. The Morgan fingerprint density at radius 2 is 1.91 bits per heavy atom. The van der Waals surface area contributed by atoms with Crippen LogP contribution >= 0.6 is 0 Å². The average molecular weight is 322 g/mol. The molecule has 1 aromatic rings. The summed E-state index contributed by atoms with van der Waals surface area (Å²) < 4.78 is 12.1. The van der Waals surface area contributed by atoms with Crippen LogP contribution < -0.4 is 0 Å². The summed E-state index contributed by atoms with van der Waals surface area (Å²) in [6.07, 6.45) is 0. The lowest BCUT2D eigenvalue weighted by atomic mass is 10.1. The van der Waals surface area contributed by atoms with E-state index in [0.717, 1.165) is 32.9 Å². The van der Waals surface area contributed by atoms with Gasteiger partial charge in [-0.1, -0.05) is 51.1 Å². The van der Waals surface area contributed by atoms with Crippen molar-refractivity contribution in [3.05, 3.63) is 35.9 Å². The summed E-state index contributed by atoms with van der Waals surface area (Å²) in [7, 11) is -1.69. The Bertz CT molecular complexity index is 456. The average Bonchev–Trinajstić information content (AvgIpc) is 2.46. The normalized spacial score (nSPS) is 21.0. The predicted molar refractivity (Wildman–Crippen MR) is 94.6 cm³/mol. The van der Waals surface area contributed by atoms with Crippen LogP contribution in [0.4, 0.5) is 0 Å². The first-order chi connectivity index (χ1) is 10.3. The van der Waals surface area contributed by atoms with E-state index in [1.807, 2.05) is 0 Å². The topological polar surface area (TPSA) is 21.7 Å². The van der Waals surface area contributed by atoms with Gasteiger partial charge < -0.3 is 9.16 Å². The molecule has 1 heterocycles. The minimum atomic E-state index is -1.69. The molecule has 0 unspecified atom stereocenters. The largest absolute Gasteiger partial charge is 0.415 e. The number of morpholine rings is 1. The van der Waals surface area contributed by atoms with E-state index in [0.29, 0.717) is 6.04 Å². The van der Waals surface area contributed by atoms with Crippen molar-refractivity contribution >= 4 is 8.32 Å². The standard InChI is InChI=1S/C18H31NO2Si/c1-18(2,3)22(4,5)21-15-17-14-20-12-11-19(17)13-16-9-7-6-8-10-16/h6-10,17H,11-15H2,1-5H3/t17-/m0/s1. The van der Waals surface area contributed by atoms with Crippen LogP contribution in [0.2, 0.25) is 18.1 Å². The highest BCUT2D eigenvalue weighted by molar-refractivity contribution is 6.74. The number of rotatable bonds is 5. The van der Waals surface area contributed by atoms with Gasteiger partial charge in [0, 0.05) is 13.1 Å². The highest BCUT2D eigenvalue weighted by atomic mass is 28.4. The van der Waals surface area contributed by atoms with Crippen molar-refractivity contribution in [2.75, 3.05) is 26.4 Å². The Kier molecular flexibility index (Phi) is 5.83. The molecule has 124 valence electrons. The third-order valence-electron chi connectivity index (χ3n) is 5.02. The molecule has 1 aromatic carbocycles. The van der Waals surface area contributed by atoms with Gasteiger partial charge in [-0.25, -0.2) is 0 Å². The zero-order valence-electron chi connectivity index (χ0n) is 14.8. The monoisotopic (exact) mass is 321 g/mol. The SMILES string of the molecule is CC(C)(C)[Si](C)(C)OC[C@@H]1COCCN1Cc1ccccc1. The van der Waals surface area contributed by atoms with Crippen molar-refractivity contribution in [3.63, 3.8) is 0 Å². The second kappa shape index (κ2) is 7.26. The minimum Gasteiger partial charge on any atom is -0.415 e. The van der Waals surface area contributed by atoms with Gasteiger partial charge in [-0.05, 0) is 23.7 Å². The molecule has 0 spiro atoms. The third kappa shape index (κ3) is 4.65. The van der Waals surface area contributed by atoms with E-state index >= 15 is 0 Å². The zero-order valence-corrected chi connectivity index (χ0v) is 15.8. The minimum absolute atomic E-state index is 0.257. The van der Waals surface area contributed by atoms with Crippen molar-refractivity contribution in [2.24, 2.45) is 0 Å². The fourth-order valence-electron chi connectivity index (χ4n) is 2.39. The quantitative estimate of drug-likeness (QED) is 0.768. The summed E-state index contributed by atoms with van der Waals surface area (Å²) in [4.78, 5) is 2.51. The third-order valence-corrected chi connectivity index (χ3v) is 9.52. The van der Waals surface area contributed by atoms with Gasteiger partial charge in [0.25, 0.3) is 0 Å². The lowest BCUT2D eigenvalue weighted by Gasteiger charge is -2.41. The highest BCUT2D eigenvalue weighted by Gasteiger charge is 2.38. The van der Waals surface area contributed by atoms with Gasteiger partial charge >= 0.3 is 0 Å². The molecule has 0 N–H and O–H groups in total. The smallest absolute Gasteiger partial charge is 0.192 e. The van der Waals surface area contributed by atoms with Crippen molar-refractivity contribution < 1.29 is 9.16 Å². The second-order valence-corrected chi connectivity index (χ2v) is 12.6. The van der Waals surface area contributed by atoms with Gasteiger partial charge in [-0.15, -0.1) is 0 Å². The first-order valence-corrected chi connectivity index (χ1v) is 11.2. The number of hydrogen-bond donors (Lipinski definition) is 0. The molecule has 0 amide bonds. The molecule has 1 aliphatic rings. The lowest BCUT2D eigenvalue weighted by molar-refractivity contribution is -0.0292. The molecular weight excluding hydrogens is 290 g/mol. The van der Waals surface area contributed by atoms with Gasteiger partial charge in [0.05, 0.1) is 25.9 Å². The Morgan fingerprint density at radius 1 is 1.23 bits per heavy atom. The number of benzene rings is 1. The molecule has 0 saturated carbocycles. The van der Waals surface area contributed by atoms with Crippen LogP contribution in [0.5, 0.6) is 0 Å². The molecule has 0 radical (unpaired) electrons. The Hall–Kier alpha value is -0.683. The molecule has 0 bridgehead atoms. The van der Waals surface area contributed by atoms with Crippen molar-refractivity contribution in [3.8, 4) is 0 Å². The maximum atomic E-state index is 6.42. The molecule has 4 heteroatoms. The van der Waals surface area contributed by atoms with Crippen LogP contribution in [0.15, 0.2) is 30.3 Å². The molecule has 1 fully saturated rings. The summed E-state index contributed by atoms with van der Waals surface area (Å²) in [5.74, 6) is 0. The number of hydrogen-bond acceptors (Lipinski definition) is 3. The molecule has 0 aliphatic carbocycles. The van der Waals surface area contributed by atoms with Gasteiger partial charge in [0.1, 0.15) is 0 Å². The van der Waals surface area contributed by atoms with Crippen molar-refractivity contribution in [2.45, 2.75) is 51.5 Å². The summed E-state index contributed by atoms with van der Waals surface area (Å²) in [5, 5.41) is 0.257. The molecule has 1 aliphatic heterocycles. The van der Waals surface area contributed by atoms with Gasteiger partial charge in [-0.2, -0.15) is 0 Å². The van der Waals surface area contributed by atoms with E-state index < -0.39 is 8.32 Å². The van der Waals surface area contributed by atoms with Crippen LogP contribution in [-0.2, 0) is 15.7 Å². The van der Waals surface area contributed by atoms with Crippen LogP contribution in [0.3, 0.4) is 0 Å². The fraction of sp³-hybridized carbons (Fsp3) is 0.667. The van der Waals surface area contributed by atoms with Gasteiger partial charge in [0.15, 0.2) is 8.32 Å². The molecule has 1 saturated heterocycles. The first kappa shape index (κ1) is 17.7. The summed E-state index contributed by atoms with van der Waals surface area (Å²) in [5.41, 5.74) is 1.36. The molecule has 2 rings (SSSR count). The Balaban J connectivity index is 1.95. The van der Waals surface area contributed by atoms with E-state index in [1.165, 1.54) is 5.56 Å². The zero-order chi connectivity index (χ0) is 16.2. The first-order valence-electron chi connectivity index (χ1n) is 8.29. The van der Waals surface area contributed by atoms with Crippen molar-refractivity contribution in [1.82, 2.24) is 4.90 Å². The van der Waals surface area contributed by atoms with Crippen molar-refractivity contribution in [1.29, 1.82) is 0 Å². The van der Waals surface area contributed by atoms with Crippen LogP contribution in [-0.4, -0.2) is 45.6 Å². The molecule has 0 aromatic heterocycles. The van der Waals surface area contributed by atoms with E-state index in [1.54, 1.807) is 0 Å². The Labute approximate surface area is 136 Å². The molecule has 3 nitrogen and oxygen atoms in total. The number of nitrogens with zero attached hydrogens (tertiary/aromatic N) is 1. The van der Waals surface area contributed by atoms with E-state index in [4.69, 9.17) is 9.16 Å². The molecule has 1 atom stereocenters. The van der Waals surface area contributed by atoms with Gasteiger partial charge in [0.2, 0.25) is 0 Å². The highest BCUT2D eigenvalue weighted by Crippen LogP contribution is 2.36. The lowest BCUT2D eigenvalue weighted by Crippen LogP contribution is -2.50. The fourth-order valence-corrected chi connectivity index (χ4v) is 3.43. The van der Waals surface area contributed by atoms with Crippen LogP contribution in [0.1, 0.15) is 26.3 Å². The maximum Gasteiger partial charge on any atom is 0.192 e.